The van der Waals surface area contributed by atoms with Crippen LogP contribution in [0.2, 0.25) is 0 Å². The van der Waals surface area contributed by atoms with Gasteiger partial charge in [0.2, 0.25) is 5.91 Å². The van der Waals surface area contributed by atoms with Crippen molar-refractivity contribution >= 4 is 5.91 Å². The molecule has 3 rings (SSSR count). The predicted octanol–water partition coefficient (Wildman–Crippen LogP) is 1.76. The molecule has 140 valence electrons. The topological polar surface area (TPSA) is 70.4 Å². The van der Waals surface area contributed by atoms with Gasteiger partial charge < -0.3 is 10.4 Å². The van der Waals surface area contributed by atoms with Gasteiger partial charge in [0, 0.05) is 38.4 Å². The molecule has 1 saturated heterocycles. The van der Waals surface area contributed by atoms with Crippen molar-refractivity contribution in [2.24, 2.45) is 7.05 Å². The van der Waals surface area contributed by atoms with Crippen LogP contribution in [-0.4, -0.2) is 44.4 Å². The summed E-state index contributed by atoms with van der Waals surface area (Å²) in [6.07, 6.45) is 3.61. The number of aromatic nitrogens is 2. The van der Waals surface area contributed by atoms with E-state index in [0.29, 0.717) is 19.5 Å². The lowest BCUT2D eigenvalue weighted by atomic mass is 9.89. The van der Waals surface area contributed by atoms with Crippen LogP contribution in [-0.2, 0) is 24.9 Å². The molecule has 1 aromatic heterocycles. The van der Waals surface area contributed by atoms with E-state index in [4.69, 9.17) is 0 Å². The average molecular weight is 356 g/mol. The molecule has 6 heteroatoms. The summed E-state index contributed by atoms with van der Waals surface area (Å²) in [5.41, 5.74) is 2.19. The van der Waals surface area contributed by atoms with E-state index < -0.39 is 5.60 Å². The first kappa shape index (κ1) is 18.6. The lowest BCUT2D eigenvalue weighted by Gasteiger charge is -2.39. The number of aryl methyl sites for hydroxylation is 2. The Morgan fingerprint density at radius 2 is 2.12 bits per heavy atom. The number of likely N-dealkylation sites (tertiary alicyclic amines) is 1. The maximum Gasteiger partial charge on any atom is 0.223 e. The number of β-amino-alcohol motifs (C(OH)–C–C–N with tert-alkyl or cyclic N) is 1. The number of aliphatic hydroxyl groups is 1. The van der Waals surface area contributed by atoms with Gasteiger partial charge in [-0.1, -0.05) is 30.3 Å². The van der Waals surface area contributed by atoms with Gasteiger partial charge in [-0.25, -0.2) is 0 Å². The monoisotopic (exact) mass is 356 g/mol. The number of carbonyl (C=O) groups excluding carboxylic acids is 1. The van der Waals surface area contributed by atoms with E-state index in [9.17, 15) is 9.90 Å². The first-order valence-corrected chi connectivity index (χ1v) is 9.18. The second kappa shape index (κ2) is 8.01. The molecule has 1 unspecified atom stereocenters. The van der Waals surface area contributed by atoms with Crippen molar-refractivity contribution in [3.63, 3.8) is 0 Å². The second-order valence-corrected chi connectivity index (χ2v) is 7.39. The first-order valence-electron chi connectivity index (χ1n) is 9.18. The normalized spacial score (nSPS) is 20.9. The van der Waals surface area contributed by atoms with E-state index in [1.54, 1.807) is 4.68 Å². The summed E-state index contributed by atoms with van der Waals surface area (Å²) < 4.78 is 1.74. The maximum absolute atomic E-state index is 12.4. The summed E-state index contributed by atoms with van der Waals surface area (Å²) >= 11 is 0. The van der Waals surface area contributed by atoms with Crippen LogP contribution in [0.4, 0.5) is 0 Å². The van der Waals surface area contributed by atoms with Gasteiger partial charge in [-0.2, -0.15) is 5.10 Å². The Balaban J connectivity index is 1.52. The van der Waals surface area contributed by atoms with Crippen molar-refractivity contribution in [2.75, 3.05) is 13.1 Å². The minimum Gasteiger partial charge on any atom is -0.388 e. The predicted molar refractivity (Wildman–Crippen MR) is 100 cm³/mol. The van der Waals surface area contributed by atoms with Crippen LogP contribution in [0.5, 0.6) is 0 Å². The molecule has 2 aromatic rings. The number of hydrogen-bond acceptors (Lipinski definition) is 4. The number of amides is 1. The van der Waals surface area contributed by atoms with E-state index in [2.05, 4.69) is 27.4 Å². The zero-order chi connectivity index (χ0) is 18.6. The Morgan fingerprint density at radius 3 is 2.81 bits per heavy atom. The number of benzene rings is 1. The minimum absolute atomic E-state index is 0.114. The van der Waals surface area contributed by atoms with Gasteiger partial charge in [0.05, 0.1) is 17.7 Å². The molecular weight excluding hydrogens is 328 g/mol. The third-order valence-electron chi connectivity index (χ3n) is 4.96. The molecule has 1 amide bonds. The van der Waals surface area contributed by atoms with Crippen LogP contribution in [0.15, 0.2) is 36.5 Å². The Hall–Kier alpha value is -2.18. The van der Waals surface area contributed by atoms with Crippen molar-refractivity contribution < 1.29 is 9.90 Å². The van der Waals surface area contributed by atoms with Crippen LogP contribution < -0.4 is 5.32 Å². The van der Waals surface area contributed by atoms with E-state index in [1.165, 1.54) is 5.56 Å². The standard InChI is InChI=1S/C20H28N4O2/c1-16-18(14-23(2)22-16)12-21-19(25)11-20(26)9-6-10-24(15-20)13-17-7-4-3-5-8-17/h3-5,7-8,14,26H,6,9-13,15H2,1-2H3,(H,21,25). The highest BCUT2D eigenvalue weighted by molar-refractivity contribution is 5.77. The molecule has 0 saturated carbocycles. The van der Waals surface area contributed by atoms with E-state index in [1.807, 2.05) is 38.4 Å². The van der Waals surface area contributed by atoms with Crippen molar-refractivity contribution in [3.8, 4) is 0 Å². The van der Waals surface area contributed by atoms with Gasteiger partial charge >= 0.3 is 0 Å². The van der Waals surface area contributed by atoms with Crippen molar-refractivity contribution in [3.05, 3.63) is 53.3 Å². The smallest absolute Gasteiger partial charge is 0.223 e. The van der Waals surface area contributed by atoms with Crippen molar-refractivity contribution in [1.29, 1.82) is 0 Å². The lowest BCUT2D eigenvalue weighted by molar-refractivity contribution is -0.129. The first-order chi connectivity index (χ1) is 12.4. The molecule has 6 nitrogen and oxygen atoms in total. The van der Waals surface area contributed by atoms with Gasteiger partial charge in [0.1, 0.15) is 0 Å². The fraction of sp³-hybridized carbons (Fsp3) is 0.500. The Labute approximate surface area is 154 Å². The maximum atomic E-state index is 12.4. The summed E-state index contributed by atoms with van der Waals surface area (Å²) in [4.78, 5) is 14.6. The van der Waals surface area contributed by atoms with Gasteiger partial charge in [-0.3, -0.25) is 14.4 Å². The van der Waals surface area contributed by atoms with E-state index in [-0.39, 0.29) is 12.3 Å². The van der Waals surface area contributed by atoms with E-state index >= 15 is 0 Å². The Morgan fingerprint density at radius 1 is 1.35 bits per heavy atom. The highest BCUT2D eigenvalue weighted by atomic mass is 16.3. The third-order valence-corrected chi connectivity index (χ3v) is 4.96. The van der Waals surface area contributed by atoms with Crippen LogP contribution in [0, 0.1) is 6.92 Å². The molecule has 0 spiro atoms. The summed E-state index contributed by atoms with van der Waals surface area (Å²) in [7, 11) is 1.87. The molecular formula is C20H28N4O2. The number of rotatable bonds is 6. The zero-order valence-electron chi connectivity index (χ0n) is 15.6. The zero-order valence-corrected chi connectivity index (χ0v) is 15.6. The van der Waals surface area contributed by atoms with Gasteiger partial charge in [-0.15, -0.1) is 0 Å². The van der Waals surface area contributed by atoms with E-state index in [0.717, 1.165) is 30.8 Å². The van der Waals surface area contributed by atoms with Gasteiger partial charge in [-0.05, 0) is 31.9 Å². The van der Waals surface area contributed by atoms with Crippen molar-refractivity contribution in [1.82, 2.24) is 20.0 Å². The molecule has 1 atom stereocenters. The molecule has 0 radical (unpaired) electrons. The minimum atomic E-state index is -0.957. The Kier molecular flexibility index (Phi) is 5.74. The molecule has 1 fully saturated rings. The molecule has 1 aliphatic heterocycles. The second-order valence-electron chi connectivity index (χ2n) is 7.39. The molecule has 1 aromatic carbocycles. The number of piperidine rings is 1. The third kappa shape index (κ3) is 4.93. The van der Waals surface area contributed by atoms with Crippen molar-refractivity contribution in [2.45, 2.75) is 44.9 Å². The summed E-state index contributed by atoms with van der Waals surface area (Å²) in [5.74, 6) is -0.114. The lowest BCUT2D eigenvalue weighted by Crippen LogP contribution is -2.50. The molecule has 0 aliphatic carbocycles. The highest BCUT2D eigenvalue weighted by Crippen LogP contribution is 2.25. The molecule has 1 aliphatic rings. The number of hydrogen-bond donors (Lipinski definition) is 2. The van der Waals surface area contributed by atoms with Crippen LogP contribution in [0.25, 0.3) is 0 Å². The molecule has 2 heterocycles. The quantitative estimate of drug-likeness (QED) is 0.827. The van der Waals surface area contributed by atoms with Gasteiger partial charge in [0.25, 0.3) is 0 Å². The summed E-state index contributed by atoms with van der Waals surface area (Å²) in [6.45, 7) is 4.66. The van der Waals surface area contributed by atoms with Crippen LogP contribution >= 0.6 is 0 Å². The molecule has 0 bridgehead atoms. The molecule has 26 heavy (non-hydrogen) atoms. The Bertz CT molecular complexity index is 744. The average Bonchev–Trinajstić information content (AvgIpc) is 2.91. The fourth-order valence-corrected chi connectivity index (χ4v) is 3.70. The SMILES string of the molecule is Cc1nn(C)cc1CNC(=O)CC1(O)CCCN(Cc2ccccc2)C1. The highest BCUT2D eigenvalue weighted by Gasteiger charge is 2.35. The van der Waals surface area contributed by atoms with Crippen LogP contribution in [0.1, 0.15) is 36.1 Å². The van der Waals surface area contributed by atoms with Gasteiger partial charge in [0.15, 0.2) is 0 Å². The fourth-order valence-electron chi connectivity index (χ4n) is 3.70. The van der Waals surface area contributed by atoms with Crippen LogP contribution in [0.3, 0.4) is 0 Å². The molecule has 2 N–H and O–H groups in total. The largest absolute Gasteiger partial charge is 0.388 e. The summed E-state index contributed by atoms with van der Waals surface area (Å²) in [5, 5.41) is 18.1. The number of carbonyl (C=O) groups is 1. The summed E-state index contributed by atoms with van der Waals surface area (Å²) in [6, 6.07) is 10.2. The number of nitrogens with zero attached hydrogens (tertiary/aromatic N) is 3. The number of nitrogens with one attached hydrogen (secondary N) is 1.